The maximum Gasteiger partial charge on any atom is 0.000829 e. The maximum absolute atomic E-state index is 3.48. The fraction of sp³-hybridized carbons (Fsp3) is 1.00. The lowest BCUT2D eigenvalue weighted by Gasteiger charge is -2.32. The van der Waals surface area contributed by atoms with Gasteiger partial charge in [0, 0.05) is 6.54 Å². The van der Waals surface area contributed by atoms with E-state index in [-0.39, 0.29) is 0 Å². The van der Waals surface area contributed by atoms with Crippen LogP contribution in [-0.2, 0) is 0 Å². The highest BCUT2D eigenvalue weighted by Gasteiger charge is 2.42. The van der Waals surface area contributed by atoms with E-state index in [4.69, 9.17) is 0 Å². The van der Waals surface area contributed by atoms with Crippen LogP contribution in [-0.4, -0.2) is 24.6 Å². The summed E-state index contributed by atoms with van der Waals surface area (Å²) in [5.41, 5.74) is 1.53. The summed E-state index contributed by atoms with van der Waals surface area (Å²) in [7, 11) is 0. The summed E-state index contributed by atoms with van der Waals surface area (Å²) >= 11 is 2.16. The molecule has 2 atom stereocenters. The van der Waals surface area contributed by atoms with Crippen molar-refractivity contribution in [3.63, 3.8) is 0 Å². The van der Waals surface area contributed by atoms with E-state index in [1.54, 1.807) is 0 Å². The van der Waals surface area contributed by atoms with Gasteiger partial charge in [0.25, 0.3) is 0 Å². The van der Waals surface area contributed by atoms with Gasteiger partial charge in [0.1, 0.15) is 0 Å². The number of hydrogen-bond donors (Lipinski definition) is 1. The van der Waals surface area contributed by atoms with Crippen molar-refractivity contribution in [2.45, 2.75) is 64.7 Å². The van der Waals surface area contributed by atoms with Crippen LogP contribution >= 0.6 is 11.8 Å². The summed E-state index contributed by atoms with van der Waals surface area (Å²) < 4.78 is 0. The molecule has 0 aromatic rings. The highest BCUT2D eigenvalue weighted by molar-refractivity contribution is 7.99. The monoisotopic (exact) mass is 281 g/mol. The SMILES string of the molecule is C1CCC2(CC1)CCNC2.CC12CCCC1CSC2. The van der Waals surface area contributed by atoms with Gasteiger partial charge in [-0.25, -0.2) is 0 Å². The van der Waals surface area contributed by atoms with Crippen LogP contribution < -0.4 is 5.32 Å². The van der Waals surface area contributed by atoms with Crippen LogP contribution in [0.1, 0.15) is 64.7 Å². The van der Waals surface area contributed by atoms with E-state index >= 15 is 0 Å². The van der Waals surface area contributed by atoms with Gasteiger partial charge in [-0.1, -0.05) is 32.6 Å². The summed E-state index contributed by atoms with van der Waals surface area (Å²) in [6.45, 7) is 5.07. The molecular formula is C17H31NS. The zero-order chi connectivity index (χ0) is 13.2. The van der Waals surface area contributed by atoms with E-state index in [0.717, 1.165) is 16.7 Å². The molecule has 19 heavy (non-hydrogen) atoms. The Balaban J connectivity index is 0.000000117. The standard InChI is InChI=1S/C9H17N.C8H14S/c1-2-4-9(5-3-1)6-7-10-8-9;1-8-4-2-3-7(8)5-9-6-8/h10H,1-8H2;7H,2-6H2,1H3. The highest BCUT2D eigenvalue weighted by atomic mass is 32.2. The Morgan fingerprint density at radius 2 is 1.84 bits per heavy atom. The van der Waals surface area contributed by atoms with Gasteiger partial charge in [-0.2, -0.15) is 11.8 Å². The van der Waals surface area contributed by atoms with Crippen LogP contribution in [0.2, 0.25) is 0 Å². The molecule has 1 spiro atoms. The molecular weight excluding hydrogens is 250 g/mol. The Morgan fingerprint density at radius 1 is 1.00 bits per heavy atom. The van der Waals surface area contributed by atoms with Crippen LogP contribution in [0.25, 0.3) is 0 Å². The molecule has 2 unspecified atom stereocenters. The second-order valence-corrected chi connectivity index (χ2v) is 8.78. The van der Waals surface area contributed by atoms with Gasteiger partial charge in [0.2, 0.25) is 0 Å². The summed E-state index contributed by atoms with van der Waals surface area (Å²) in [5.74, 6) is 3.98. The Hall–Kier alpha value is 0.310. The Morgan fingerprint density at radius 3 is 2.53 bits per heavy atom. The zero-order valence-electron chi connectivity index (χ0n) is 12.7. The average molecular weight is 282 g/mol. The van der Waals surface area contributed by atoms with E-state index in [0.29, 0.717) is 0 Å². The van der Waals surface area contributed by atoms with Crippen molar-refractivity contribution in [2.75, 3.05) is 24.6 Å². The first-order valence-electron chi connectivity index (χ1n) is 8.51. The van der Waals surface area contributed by atoms with Gasteiger partial charge in [0.15, 0.2) is 0 Å². The fourth-order valence-corrected chi connectivity index (χ4v) is 6.56. The van der Waals surface area contributed by atoms with Crippen molar-refractivity contribution in [2.24, 2.45) is 16.7 Å². The first-order valence-corrected chi connectivity index (χ1v) is 9.67. The molecule has 0 amide bonds. The van der Waals surface area contributed by atoms with Crippen molar-refractivity contribution in [1.29, 1.82) is 0 Å². The molecule has 4 aliphatic rings. The molecule has 0 bridgehead atoms. The highest BCUT2D eigenvalue weighted by Crippen LogP contribution is 2.51. The van der Waals surface area contributed by atoms with Gasteiger partial charge >= 0.3 is 0 Å². The molecule has 4 rings (SSSR count). The number of rotatable bonds is 0. The molecule has 2 saturated carbocycles. The molecule has 2 heteroatoms. The Bertz CT molecular complexity index is 278. The van der Waals surface area contributed by atoms with Crippen LogP contribution in [0.15, 0.2) is 0 Å². The molecule has 2 aliphatic heterocycles. The van der Waals surface area contributed by atoms with E-state index in [2.05, 4.69) is 24.0 Å². The van der Waals surface area contributed by atoms with Crippen LogP contribution in [0.5, 0.6) is 0 Å². The first kappa shape index (κ1) is 14.3. The summed E-state index contributed by atoms with van der Waals surface area (Å²) in [6, 6.07) is 0. The molecule has 0 aromatic carbocycles. The second kappa shape index (κ2) is 5.97. The Labute approximate surface area is 123 Å². The molecule has 2 aliphatic carbocycles. The van der Waals surface area contributed by atoms with Gasteiger partial charge < -0.3 is 5.32 Å². The largest absolute Gasteiger partial charge is 0.316 e. The maximum atomic E-state index is 3.48. The van der Waals surface area contributed by atoms with Gasteiger partial charge in [-0.3, -0.25) is 0 Å². The predicted octanol–water partition coefficient (Wildman–Crippen LogP) is 4.47. The third-order valence-corrected chi connectivity index (χ3v) is 7.78. The predicted molar refractivity (Wildman–Crippen MR) is 85.8 cm³/mol. The minimum absolute atomic E-state index is 0.762. The fourth-order valence-electron chi connectivity index (χ4n) is 4.74. The van der Waals surface area contributed by atoms with E-state index in [1.807, 2.05) is 0 Å². The molecule has 2 heterocycles. The van der Waals surface area contributed by atoms with Gasteiger partial charge in [-0.05, 0) is 66.9 Å². The lowest BCUT2D eigenvalue weighted by molar-refractivity contribution is 0.216. The van der Waals surface area contributed by atoms with E-state index in [9.17, 15) is 0 Å². The molecule has 1 N–H and O–H groups in total. The van der Waals surface area contributed by atoms with E-state index < -0.39 is 0 Å². The summed E-state index contributed by atoms with van der Waals surface area (Å²) in [5, 5.41) is 3.48. The van der Waals surface area contributed by atoms with Crippen LogP contribution in [0.4, 0.5) is 0 Å². The smallest absolute Gasteiger partial charge is 0.000829 e. The third-order valence-electron chi connectivity index (χ3n) is 6.28. The summed E-state index contributed by atoms with van der Waals surface area (Å²) in [4.78, 5) is 0. The lowest BCUT2D eigenvalue weighted by atomic mass is 9.74. The Kier molecular flexibility index (Phi) is 4.48. The first-order chi connectivity index (χ1) is 9.23. The average Bonchev–Trinajstić information content (AvgIpc) is 3.07. The number of fused-ring (bicyclic) bond motifs is 1. The van der Waals surface area contributed by atoms with Crippen molar-refractivity contribution < 1.29 is 0 Å². The second-order valence-electron chi connectivity index (χ2n) is 7.75. The van der Waals surface area contributed by atoms with Gasteiger partial charge in [-0.15, -0.1) is 0 Å². The topological polar surface area (TPSA) is 12.0 Å². The van der Waals surface area contributed by atoms with Crippen molar-refractivity contribution in [3.8, 4) is 0 Å². The van der Waals surface area contributed by atoms with Crippen molar-refractivity contribution >= 4 is 11.8 Å². The molecule has 1 nitrogen and oxygen atoms in total. The molecule has 110 valence electrons. The van der Waals surface area contributed by atoms with Crippen LogP contribution in [0.3, 0.4) is 0 Å². The lowest BCUT2D eigenvalue weighted by Crippen LogP contribution is -2.26. The molecule has 0 radical (unpaired) electrons. The third kappa shape index (κ3) is 3.15. The molecule has 4 fully saturated rings. The van der Waals surface area contributed by atoms with E-state index in [1.165, 1.54) is 82.4 Å². The number of nitrogens with one attached hydrogen (secondary N) is 1. The minimum Gasteiger partial charge on any atom is -0.316 e. The minimum atomic E-state index is 0.762. The zero-order valence-corrected chi connectivity index (χ0v) is 13.5. The normalized spacial score (nSPS) is 39.9. The van der Waals surface area contributed by atoms with Gasteiger partial charge in [0.05, 0.1) is 0 Å². The number of hydrogen-bond acceptors (Lipinski definition) is 2. The number of thioether (sulfide) groups is 1. The quantitative estimate of drug-likeness (QED) is 0.703. The summed E-state index contributed by atoms with van der Waals surface area (Å²) in [6.07, 6.45) is 13.4. The van der Waals surface area contributed by atoms with Crippen molar-refractivity contribution in [3.05, 3.63) is 0 Å². The molecule has 0 aromatic heterocycles. The van der Waals surface area contributed by atoms with Crippen LogP contribution in [0, 0.1) is 16.7 Å². The van der Waals surface area contributed by atoms with Crippen molar-refractivity contribution in [1.82, 2.24) is 5.32 Å². The molecule has 2 saturated heterocycles.